The van der Waals surface area contributed by atoms with E-state index in [1.54, 1.807) is 0 Å². The number of aliphatic hydroxyl groups is 1. The number of hydrogen-bond donors (Lipinski definition) is 3. The maximum absolute atomic E-state index is 15.9. The van der Waals surface area contributed by atoms with E-state index in [4.69, 9.17) is 39.0 Å². The van der Waals surface area contributed by atoms with E-state index in [0.29, 0.717) is 11.4 Å². The molecule has 44 heavy (non-hydrogen) atoms. The van der Waals surface area contributed by atoms with Gasteiger partial charge in [-0.25, -0.2) is 38.9 Å². The highest BCUT2D eigenvalue weighted by Gasteiger charge is 2.55. The number of anilines is 2. The second-order valence-electron chi connectivity index (χ2n) is 9.82. The van der Waals surface area contributed by atoms with Crippen LogP contribution in [-0.2, 0) is 36.7 Å². The molecular weight excluding hydrogens is 649 g/mol. The predicted octanol–water partition coefficient (Wildman–Crippen LogP) is 1.27. The van der Waals surface area contributed by atoms with Gasteiger partial charge in [0.05, 0.1) is 19.3 Å². The topological polar surface area (TPSA) is 249 Å². The summed E-state index contributed by atoms with van der Waals surface area (Å²) < 4.78 is 79.8. The standard InChI is InChI=1S/C21H24FN10O9P2S/c1-44-43(35)37-3-9-14(13(33)20(39-9)31-6-29-11-16(23)25-4-27-18(11)31)40-42(34)36-2-8-10(22)15(41-43)21(38-8)32-7-30-12-17(24)26-5-28-19(12)32/h4-10,13-15,20-21,33H,2-3H2,1H3,(H2,23,25,27)(H2,24,26,28)/q+1/t8?,9-,10-,13-,14-,15-,20-,21-,43-/m1/s1. The Balaban J connectivity index is 1.19. The maximum atomic E-state index is 15.9. The van der Waals surface area contributed by atoms with Gasteiger partial charge in [0, 0.05) is 4.57 Å². The minimum Gasteiger partial charge on any atom is -0.385 e. The zero-order valence-electron chi connectivity index (χ0n) is 22.5. The molecule has 0 spiro atoms. The van der Waals surface area contributed by atoms with Gasteiger partial charge in [0.2, 0.25) is 0 Å². The van der Waals surface area contributed by atoms with Gasteiger partial charge in [-0.2, -0.15) is 0 Å². The summed E-state index contributed by atoms with van der Waals surface area (Å²) in [6.07, 6.45) is -4.63. The molecule has 10 atom stereocenters. The molecule has 5 N–H and O–H groups in total. The Hall–Kier alpha value is -2.97. The monoisotopic (exact) mass is 673 g/mol. The van der Waals surface area contributed by atoms with Crippen LogP contribution in [0.5, 0.6) is 0 Å². The summed E-state index contributed by atoms with van der Waals surface area (Å²) in [5.41, 5.74) is 12.7. The number of aliphatic hydroxyl groups excluding tert-OH is 1. The number of halogens is 1. The maximum Gasteiger partial charge on any atom is 0.697 e. The average molecular weight is 673 g/mol. The second kappa shape index (κ2) is 11.4. The third-order valence-electron chi connectivity index (χ3n) is 7.32. The lowest BCUT2D eigenvalue weighted by Crippen LogP contribution is -2.35. The molecule has 2 unspecified atom stereocenters. The van der Waals surface area contributed by atoms with Crippen LogP contribution < -0.4 is 11.5 Å². The first-order valence-corrected chi connectivity index (χ1v) is 17.4. The van der Waals surface area contributed by atoms with Crippen molar-refractivity contribution in [2.45, 2.75) is 49.1 Å². The van der Waals surface area contributed by atoms with Crippen LogP contribution in [0.2, 0.25) is 0 Å². The highest BCUT2D eigenvalue weighted by atomic mass is 32.7. The molecule has 0 radical (unpaired) electrons. The van der Waals surface area contributed by atoms with Crippen molar-refractivity contribution in [3.8, 4) is 0 Å². The first-order chi connectivity index (χ1) is 21.2. The minimum absolute atomic E-state index is 0.0847. The Morgan fingerprint density at radius 2 is 1.57 bits per heavy atom. The Bertz CT molecular complexity index is 1780. The third-order valence-corrected chi connectivity index (χ3v) is 11.4. The minimum atomic E-state index is -4.14. The Morgan fingerprint density at radius 1 is 0.955 bits per heavy atom. The molecule has 19 nitrogen and oxygen atoms in total. The third kappa shape index (κ3) is 5.02. The molecule has 4 aromatic rings. The molecule has 7 heterocycles. The van der Waals surface area contributed by atoms with Gasteiger partial charge in [0.1, 0.15) is 54.7 Å². The summed E-state index contributed by atoms with van der Waals surface area (Å²) in [6.45, 7) is -5.19. The smallest absolute Gasteiger partial charge is 0.385 e. The zero-order valence-corrected chi connectivity index (χ0v) is 25.1. The van der Waals surface area contributed by atoms with E-state index in [9.17, 15) is 14.2 Å². The van der Waals surface area contributed by atoms with E-state index in [1.807, 2.05) is 0 Å². The molecule has 0 amide bonds. The number of alkyl halides is 1. The molecular formula is C21H24FN10O9P2S+. The quantitative estimate of drug-likeness (QED) is 0.259. The van der Waals surface area contributed by atoms with Gasteiger partial charge in [-0.3, -0.25) is 18.2 Å². The van der Waals surface area contributed by atoms with Gasteiger partial charge in [0.15, 0.2) is 47.7 Å². The first-order valence-electron chi connectivity index (χ1n) is 12.9. The Kier molecular flexibility index (Phi) is 7.72. The number of fused-ring (bicyclic) bond motifs is 5. The summed E-state index contributed by atoms with van der Waals surface area (Å²) >= 11 is 0.711. The van der Waals surface area contributed by atoms with Crippen molar-refractivity contribution >= 4 is 60.4 Å². The molecule has 3 saturated heterocycles. The number of hydrogen-bond acceptors (Lipinski definition) is 18. The molecule has 234 valence electrons. The van der Waals surface area contributed by atoms with Crippen LogP contribution in [-0.4, -0.2) is 100 Å². The van der Waals surface area contributed by atoms with Crippen LogP contribution in [0, 0.1) is 0 Å². The molecule has 7 rings (SSSR count). The average Bonchev–Trinajstić information content (AvgIpc) is 3.77. The van der Waals surface area contributed by atoms with E-state index in [-0.39, 0.29) is 34.0 Å². The molecule has 3 aliphatic heterocycles. The van der Waals surface area contributed by atoms with Crippen molar-refractivity contribution in [2.24, 2.45) is 0 Å². The molecule has 0 aromatic carbocycles. The number of nitrogens with zero attached hydrogens (tertiary/aromatic N) is 8. The fraction of sp³-hybridized carbons (Fsp3) is 0.524. The first kappa shape index (κ1) is 29.7. The molecule has 23 heteroatoms. The number of rotatable bonds is 3. The summed E-state index contributed by atoms with van der Waals surface area (Å²) in [5.74, 6) is 0.195. The molecule has 3 fully saturated rings. The lowest BCUT2D eigenvalue weighted by atomic mass is 10.1. The highest BCUT2D eigenvalue weighted by molar-refractivity contribution is 8.54. The van der Waals surface area contributed by atoms with Crippen molar-refractivity contribution in [1.29, 1.82) is 0 Å². The number of ether oxygens (including phenoxy) is 2. The second-order valence-corrected chi connectivity index (χ2v) is 14.9. The molecule has 0 aliphatic carbocycles. The normalized spacial score (nSPS) is 35.8. The van der Waals surface area contributed by atoms with E-state index in [1.165, 1.54) is 40.7 Å². The number of nitrogen functional groups attached to an aromatic ring is 2. The SMILES string of the molecule is CS[P@]1(=O)OC[C@H]2O[C@@H](n3cnc4c(N)ncnc43)[C@H](O)[C@@H]2O[P+](=O)OCC2O[C@@H](n3cnc4c(N)ncnc43)[C@H](O1)[C@@H]2F. The van der Waals surface area contributed by atoms with Crippen LogP contribution in [0.25, 0.3) is 22.3 Å². The van der Waals surface area contributed by atoms with Crippen molar-refractivity contribution in [2.75, 3.05) is 30.9 Å². The van der Waals surface area contributed by atoms with Crippen molar-refractivity contribution in [1.82, 2.24) is 39.0 Å². The summed E-state index contributed by atoms with van der Waals surface area (Å²) in [4.78, 5) is 24.5. The van der Waals surface area contributed by atoms with Crippen LogP contribution in [0.4, 0.5) is 16.0 Å². The highest BCUT2D eigenvalue weighted by Crippen LogP contribution is 2.62. The van der Waals surface area contributed by atoms with Crippen LogP contribution >= 0.6 is 26.4 Å². The Labute approximate surface area is 251 Å². The van der Waals surface area contributed by atoms with Gasteiger partial charge in [0.25, 0.3) is 0 Å². The molecule has 3 aliphatic rings. The van der Waals surface area contributed by atoms with Crippen molar-refractivity contribution in [3.63, 3.8) is 0 Å². The van der Waals surface area contributed by atoms with E-state index in [0.717, 1.165) is 0 Å². The summed E-state index contributed by atoms with van der Waals surface area (Å²) in [5, 5.41) is 11.2. The number of nitrogens with two attached hydrogens (primary N) is 2. The van der Waals surface area contributed by atoms with Gasteiger partial charge in [-0.15, -0.1) is 9.05 Å². The number of imidazole rings is 2. The zero-order chi connectivity index (χ0) is 30.7. The fourth-order valence-corrected chi connectivity index (χ4v) is 8.14. The summed E-state index contributed by atoms with van der Waals surface area (Å²) in [6, 6.07) is 0. The lowest BCUT2D eigenvalue weighted by molar-refractivity contribution is -0.0570. The van der Waals surface area contributed by atoms with Crippen LogP contribution in [0.3, 0.4) is 0 Å². The largest absolute Gasteiger partial charge is 0.697 e. The van der Waals surface area contributed by atoms with Crippen LogP contribution in [0.15, 0.2) is 25.3 Å². The van der Waals surface area contributed by atoms with Gasteiger partial charge >= 0.3 is 15.1 Å². The van der Waals surface area contributed by atoms with E-state index in [2.05, 4.69) is 29.9 Å². The Morgan fingerprint density at radius 3 is 2.20 bits per heavy atom. The van der Waals surface area contributed by atoms with Crippen LogP contribution in [0.1, 0.15) is 12.5 Å². The van der Waals surface area contributed by atoms with Gasteiger partial charge in [-0.05, 0) is 17.6 Å². The molecule has 2 bridgehead atoms. The van der Waals surface area contributed by atoms with Gasteiger partial charge in [-0.1, -0.05) is 0 Å². The van der Waals surface area contributed by atoms with Crippen molar-refractivity contribution in [3.05, 3.63) is 25.3 Å². The fourth-order valence-electron chi connectivity index (χ4n) is 5.20. The van der Waals surface area contributed by atoms with E-state index >= 15 is 4.39 Å². The summed E-state index contributed by atoms with van der Waals surface area (Å²) in [7, 11) is -2.95. The number of aromatic nitrogens is 8. The van der Waals surface area contributed by atoms with Crippen molar-refractivity contribution < 1.29 is 46.2 Å². The lowest BCUT2D eigenvalue weighted by Gasteiger charge is -2.26. The van der Waals surface area contributed by atoms with Gasteiger partial charge < -0.3 is 26.0 Å². The molecule has 0 saturated carbocycles. The van der Waals surface area contributed by atoms with E-state index < -0.39 is 77.4 Å². The molecule has 4 aromatic heterocycles. The predicted molar refractivity (Wildman–Crippen MR) is 149 cm³/mol.